The molecule has 0 saturated carbocycles. The SMILES string of the molecule is CCCC[C@H](N)C(=O)N[C@@H](CS)C(=O)N[C@H](C(=O)NC(=O)CCCCCN)[C@@H](C)CC. The van der Waals surface area contributed by atoms with Crippen LogP contribution in [-0.2, 0) is 19.2 Å². The maximum absolute atomic E-state index is 12.7. The van der Waals surface area contributed by atoms with Crippen LogP contribution in [0.5, 0.6) is 0 Å². The quantitative estimate of drug-likeness (QED) is 0.147. The molecule has 10 heteroatoms. The molecule has 0 aromatic heterocycles. The highest BCUT2D eigenvalue weighted by Crippen LogP contribution is 2.09. The first-order valence-electron chi connectivity index (χ1n) is 11.2. The van der Waals surface area contributed by atoms with Crippen LogP contribution in [0.2, 0.25) is 0 Å². The lowest BCUT2D eigenvalue weighted by atomic mass is 9.97. The fourth-order valence-corrected chi connectivity index (χ4v) is 3.13. The summed E-state index contributed by atoms with van der Waals surface area (Å²) in [5.74, 6) is -2.08. The van der Waals surface area contributed by atoms with Crippen LogP contribution in [0.15, 0.2) is 0 Å². The van der Waals surface area contributed by atoms with Crippen molar-refractivity contribution in [2.45, 2.75) is 90.3 Å². The average molecular weight is 460 g/mol. The minimum absolute atomic E-state index is 0.0486. The number of carbonyl (C=O) groups excluding carboxylic acids is 4. The van der Waals surface area contributed by atoms with Crippen molar-refractivity contribution >= 4 is 36.3 Å². The van der Waals surface area contributed by atoms with E-state index in [-0.39, 0.29) is 24.0 Å². The molecule has 0 aromatic carbocycles. The van der Waals surface area contributed by atoms with Crippen LogP contribution in [0.3, 0.4) is 0 Å². The van der Waals surface area contributed by atoms with Gasteiger partial charge in [0.2, 0.25) is 23.6 Å². The second-order valence-electron chi connectivity index (χ2n) is 7.88. The van der Waals surface area contributed by atoms with Gasteiger partial charge in [-0.05, 0) is 31.7 Å². The van der Waals surface area contributed by atoms with E-state index in [1.165, 1.54) is 0 Å². The molecule has 7 N–H and O–H groups in total. The molecule has 31 heavy (non-hydrogen) atoms. The van der Waals surface area contributed by atoms with Gasteiger partial charge in [0, 0.05) is 12.2 Å². The number of nitrogens with one attached hydrogen (secondary N) is 3. The van der Waals surface area contributed by atoms with E-state index >= 15 is 0 Å². The van der Waals surface area contributed by atoms with Crippen molar-refractivity contribution in [2.75, 3.05) is 12.3 Å². The highest BCUT2D eigenvalue weighted by atomic mass is 32.1. The maximum Gasteiger partial charge on any atom is 0.249 e. The normalized spacial score (nSPS) is 14.8. The summed E-state index contributed by atoms with van der Waals surface area (Å²) in [5.41, 5.74) is 11.3. The molecule has 0 bridgehead atoms. The number of hydrogen-bond donors (Lipinski definition) is 6. The van der Waals surface area contributed by atoms with Crippen LogP contribution >= 0.6 is 12.6 Å². The number of unbranched alkanes of at least 4 members (excludes halogenated alkanes) is 3. The van der Waals surface area contributed by atoms with Crippen molar-refractivity contribution < 1.29 is 19.2 Å². The van der Waals surface area contributed by atoms with E-state index in [1.54, 1.807) is 0 Å². The third kappa shape index (κ3) is 12.1. The number of thiol groups is 1. The topological polar surface area (TPSA) is 156 Å². The molecule has 0 saturated heterocycles. The summed E-state index contributed by atoms with van der Waals surface area (Å²) in [4.78, 5) is 49.7. The molecule has 0 fully saturated rings. The fraction of sp³-hybridized carbons (Fsp3) is 0.810. The lowest BCUT2D eigenvalue weighted by molar-refractivity contribution is -0.136. The Morgan fingerprint density at radius 3 is 2.16 bits per heavy atom. The zero-order valence-corrected chi connectivity index (χ0v) is 20.0. The van der Waals surface area contributed by atoms with Gasteiger partial charge in [-0.1, -0.05) is 46.5 Å². The van der Waals surface area contributed by atoms with E-state index in [2.05, 4.69) is 28.6 Å². The van der Waals surface area contributed by atoms with E-state index < -0.39 is 35.8 Å². The monoisotopic (exact) mass is 459 g/mol. The Balaban J connectivity index is 4.95. The van der Waals surface area contributed by atoms with Gasteiger partial charge in [0.05, 0.1) is 6.04 Å². The highest BCUT2D eigenvalue weighted by molar-refractivity contribution is 7.80. The summed E-state index contributed by atoms with van der Waals surface area (Å²) in [7, 11) is 0. The van der Waals surface area contributed by atoms with Crippen molar-refractivity contribution in [2.24, 2.45) is 17.4 Å². The molecular weight excluding hydrogens is 418 g/mol. The van der Waals surface area contributed by atoms with Crippen LogP contribution < -0.4 is 27.4 Å². The summed E-state index contributed by atoms with van der Waals surface area (Å²) in [6.07, 6.45) is 5.36. The Morgan fingerprint density at radius 1 is 0.935 bits per heavy atom. The third-order valence-corrected chi connectivity index (χ3v) is 5.55. The molecule has 0 aliphatic carbocycles. The molecule has 4 atom stereocenters. The van der Waals surface area contributed by atoms with E-state index in [0.29, 0.717) is 25.8 Å². The highest BCUT2D eigenvalue weighted by Gasteiger charge is 2.30. The van der Waals surface area contributed by atoms with Gasteiger partial charge in [-0.15, -0.1) is 0 Å². The number of carbonyl (C=O) groups is 4. The van der Waals surface area contributed by atoms with E-state index in [4.69, 9.17) is 11.5 Å². The molecule has 0 aromatic rings. The second kappa shape index (κ2) is 17.0. The number of nitrogens with two attached hydrogens (primary N) is 2. The molecule has 0 radical (unpaired) electrons. The van der Waals surface area contributed by atoms with Crippen molar-refractivity contribution in [3.63, 3.8) is 0 Å². The first-order chi connectivity index (χ1) is 14.7. The summed E-state index contributed by atoms with van der Waals surface area (Å²) < 4.78 is 0. The first kappa shape index (κ1) is 29.4. The second-order valence-corrected chi connectivity index (χ2v) is 8.24. The lowest BCUT2D eigenvalue weighted by Crippen LogP contribution is -2.58. The predicted molar refractivity (Wildman–Crippen MR) is 125 cm³/mol. The number of imide groups is 1. The zero-order chi connectivity index (χ0) is 23.8. The maximum atomic E-state index is 12.7. The Hall–Kier alpha value is -1.65. The first-order valence-corrected chi connectivity index (χ1v) is 11.9. The van der Waals surface area contributed by atoms with Crippen LogP contribution in [-0.4, -0.2) is 54.1 Å². The number of amides is 4. The minimum Gasteiger partial charge on any atom is -0.342 e. The molecule has 9 nitrogen and oxygen atoms in total. The van der Waals surface area contributed by atoms with Crippen molar-refractivity contribution in [3.05, 3.63) is 0 Å². The van der Waals surface area contributed by atoms with Crippen molar-refractivity contribution in [1.29, 1.82) is 0 Å². The molecule has 180 valence electrons. The van der Waals surface area contributed by atoms with Gasteiger partial charge in [-0.25, -0.2) is 0 Å². The van der Waals surface area contributed by atoms with Crippen LogP contribution in [0.1, 0.15) is 72.1 Å². The molecule has 0 aliphatic heterocycles. The number of rotatable bonds is 16. The Kier molecular flexibility index (Phi) is 16.1. The van der Waals surface area contributed by atoms with Gasteiger partial charge in [-0.2, -0.15) is 12.6 Å². The van der Waals surface area contributed by atoms with Gasteiger partial charge in [0.1, 0.15) is 12.1 Å². The van der Waals surface area contributed by atoms with Crippen LogP contribution in [0, 0.1) is 5.92 Å². The Labute approximate surface area is 191 Å². The zero-order valence-electron chi connectivity index (χ0n) is 19.1. The summed E-state index contributed by atoms with van der Waals surface area (Å²) in [5, 5.41) is 7.63. The van der Waals surface area contributed by atoms with Gasteiger partial charge in [0.15, 0.2) is 0 Å². The van der Waals surface area contributed by atoms with Crippen molar-refractivity contribution in [1.82, 2.24) is 16.0 Å². The smallest absolute Gasteiger partial charge is 0.249 e. The van der Waals surface area contributed by atoms with Gasteiger partial charge >= 0.3 is 0 Å². The van der Waals surface area contributed by atoms with E-state index in [1.807, 2.05) is 20.8 Å². The Morgan fingerprint density at radius 2 is 1.61 bits per heavy atom. The molecule has 0 spiro atoms. The van der Waals surface area contributed by atoms with Gasteiger partial charge in [-0.3, -0.25) is 24.5 Å². The molecule has 0 unspecified atom stereocenters. The lowest BCUT2D eigenvalue weighted by Gasteiger charge is -2.26. The molecule has 0 rings (SSSR count). The Bertz CT molecular complexity index is 576. The molecular formula is C21H41N5O4S. The summed E-state index contributed by atoms with van der Waals surface area (Å²) in [6.45, 7) is 6.26. The van der Waals surface area contributed by atoms with Crippen molar-refractivity contribution in [3.8, 4) is 0 Å². The van der Waals surface area contributed by atoms with Crippen LogP contribution in [0.4, 0.5) is 0 Å². The van der Waals surface area contributed by atoms with E-state index in [9.17, 15) is 19.2 Å². The summed E-state index contributed by atoms with van der Waals surface area (Å²) in [6, 6.07) is -2.55. The standard InChI is InChI=1S/C21H41N5O4S/c1-4-6-10-15(23)19(28)24-16(13-31)20(29)26-18(14(3)5-2)21(30)25-17(27)11-8-7-9-12-22/h14-16,18,31H,4-13,22-23H2,1-3H3,(H,24,28)(H,26,29)(H,25,27,30)/t14-,15-,16-,18-/m0/s1. The molecule has 4 amide bonds. The van der Waals surface area contributed by atoms with E-state index in [0.717, 1.165) is 25.7 Å². The minimum atomic E-state index is -0.935. The molecule has 0 aliphatic rings. The molecule has 0 heterocycles. The third-order valence-electron chi connectivity index (χ3n) is 5.18. The largest absolute Gasteiger partial charge is 0.342 e. The average Bonchev–Trinajstić information content (AvgIpc) is 2.75. The van der Waals surface area contributed by atoms with Crippen LogP contribution in [0.25, 0.3) is 0 Å². The number of hydrogen-bond acceptors (Lipinski definition) is 7. The van der Waals surface area contributed by atoms with Gasteiger partial charge < -0.3 is 22.1 Å². The van der Waals surface area contributed by atoms with Gasteiger partial charge in [0.25, 0.3) is 0 Å². The predicted octanol–water partition coefficient (Wildman–Crippen LogP) is 0.611. The fourth-order valence-electron chi connectivity index (χ4n) is 2.87. The summed E-state index contributed by atoms with van der Waals surface area (Å²) >= 11 is 4.15.